The summed E-state index contributed by atoms with van der Waals surface area (Å²) in [6, 6.07) is 2.45. The topological polar surface area (TPSA) is 107 Å². The molecular weight excluding hydrogens is 286 g/mol. The monoisotopic (exact) mass is 299 g/mol. The summed E-state index contributed by atoms with van der Waals surface area (Å²) in [7, 11) is 0. The van der Waals surface area contributed by atoms with Gasteiger partial charge in [0.1, 0.15) is 5.69 Å². The van der Waals surface area contributed by atoms with Gasteiger partial charge in [0, 0.05) is 30.7 Å². The first-order valence-corrected chi connectivity index (χ1v) is 6.46. The maximum Gasteiger partial charge on any atom is 0.294 e. The number of carbonyl (C=O) groups excluding carboxylic acids is 1. The zero-order valence-electron chi connectivity index (χ0n) is 10.6. The van der Waals surface area contributed by atoms with Crippen molar-refractivity contribution in [1.82, 2.24) is 5.32 Å². The van der Waals surface area contributed by atoms with Crippen LogP contribution in [-0.4, -0.2) is 30.6 Å². The Hall–Kier alpha value is -1.86. The van der Waals surface area contributed by atoms with E-state index in [1.807, 2.05) is 0 Å². The minimum Gasteiger partial charge on any atom is -0.392 e. The van der Waals surface area contributed by atoms with E-state index in [2.05, 4.69) is 5.32 Å². The summed E-state index contributed by atoms with van der Waals surface area (Å²) in [6.45, 7) is 1.78. The van der Waals surface area contributed by atoms with Gasteiger partial charge >= 0.3 is 0 Å². The Balaban J connectivity index is 2.11. The average molecular weight is 300 g/mol. The highest BCUT2D eigenvalue weighted by Crippen LogP contribution is 2.30. The van der Waals surface area contributed by atoms with Crippen LogP contribution in [0.2, 0.25) is 5.02 Å². The summed E-state index contributed by atoms with van der Waals surface area (Å²) in [6.07, 6.45) is 0.892. The first kappa shape index (κ1) is 14.5. The van der Waals surface area contributed by atoms with Crippen LogP contribution in [0.1, 0.15) is 16.8 Å². The fraction of sp³-hybridized carbons (Fsp3) is 0.417. The van der Waals surface area contributed by atoms with Crippen molar-refractivity contribution in [3.05, 3.63) is 32.8 Å². The van der Waals surface area contributed by atoms with Crippen molar-refractivity contribution in [1.29, 1.82) is 0 Å². The van der Waals surface area contributed by atoms with Crippen molar-refractivity contribution in [3.8, 4) is 0 Å². The molecule has 0 saturated carbocycles. The van der Waals surface area contributed by atoms with Crippen molar-refractivity contribution in [2.45, 2.75) is 6.42 Å². The SMILES string of the molecule is Nc1c(Cl)cc(C(=O)NCC2CCOC2)cc1[N+](=O)[O-]. The van der Waals surface area contributed by atoms with E-state index in [1.54, 1.807) is 0 Å². The quantitative estimate of drug-likeness (QED) is 0.499. The van der Waals surface area contributed by atoms with Crippen molar-refractivity contribution in [3.63, 3.8) is 0 Å². The number of rotatable bonds is 4. The van der Waals surface area contributed by atoms with Gasteiger partial charge in [-0.3, -0.25) is 14.9 Å². The maximum atomic E-state index is 12.0. The molecule has 7 nitrogen and oxygen atoms in total. The number of amides is 1. The highest BCUT2D eigenvalue weighted by atomic mass is 35.5. The van der Waals surface area contributed by atoms with Crippen molar-refractivity contribution >= 4 is 28.9 Å². The minimum absolute atomic E-state index is 0.00597. The third-order valence-corrected chi connectivity index (χ3v) is 3.45. The van der Waals surface area contributed by atoms with Gasteiger partial charge in [-0.15, -0.1) is 0 Å². The van der Waals surface area contributed by atoms with E-state index in [4.69, 9.17) is 22.1 Å². The molecule has 1 unspecified atom stereocenters. The van der Waals surface area contributed by atoms with Crippen LogP contribution in [0.25, 0.3) is 0 Å². The van der Waals surface area contributed by atoms with E-state index in [0.717, 1.165) is 12.5 Å². The fourth-order valence-corrected chi connectivity index (χ4v) is 2.18. The predicted molar refractivity (Wildman–Crippen MR) is 73.8 cm³/mol. The van der Waals surface area contributed by atoms with Crippen molar-refractivity contribution in [2.75, 3.05) is 25.5 Å². The molecule has 1 saturated heterocycles. The lowest BCUT2D eigenvalue weighted by Gasteiger charge is -2.10. The Morgan fingerprint density at radius 2 is 2.35 bits per heavy atom. The lowest BCUT2D eigenvalue weighted by atomic mass is 10.1. The number of nitrogens with zero attached hydrogens (tertiary/aromatic N) is 1. The van der Waals surface area contributed by atoms with E-state index >= 15 is 0 Å². The van der Waals surface area contributed by atoms with Crippen molar-refractivity contribution < 1.29 is 14.5 Å². The highest BCUT2D eigenvalue weighted by molar-refractivity contribution is 6.34. The number of hydrogen-bond donors (Lipinski definition) is 2. The van der Waals surface area contributed by atoms with E-state index < -0.39 is 10.8 Å². The molecule has 1 aliphatic rings. The van der Waals surface area contributed by atoms with Crippen LogP contribution >= 0.6 is 11.6 Å². The number of nitro groups is 1. The van der Waals surface area contributed by atoms with Gasteiger partial charge in [-0.2, -0.15) is 0 Å². The number of nitrogens with one attached hydrogen (secondary N) is 1. The Morgan fingerprint density at radius 3 is 2.95 bits per heavy atom. The van der Waals surface area contributed by atoms with Gasteiger partial charge in [0.15, 0.2) is 0 Å². The number of anilines is 1. The molecule has 1 fully saturated rings. The van der Waals surface area contributed by atoms with Gasteiger partial charge in [0.2, 0.25) is 0 Å². The lowest BCUT2D eigenvalue weighted by Crippen LogP contribution is -2.29. The number of hydrogen-bond acceptors (Lipinski definition) is 5. The van der Waals surface area contributed by atoms with Gasteiger partial charge < -0.3 is 15.8 Å². The Morgan fingerprint density at radius 1 is 1.60 bits per heavy atom. The molecule has 1 aromatic carbocycles. The summed E-state index contributed by atoms with van der Waals surface area (Å²) in [5.41, 5.74) is 5.11. The maximum absolute atomic E-state index is 12.0. The normalized spacial score (nSPS) is 17.9. The number of ether oxygens (including phenoxy) is 1. The third-order valence-electron chi connectivity index (χ3n) is 3.14. The zero-order valence-corrected chi connectivity index (χ0v) is 11.4. The number of halogens is 1. The van der Waals surface area contributed by atoms with Crippen LogP contribution < -0.4 is 11.1 Å². The van der Waals surface area contributed by atoms with Gasteiger partial charge in [-0.25, -0.2) is 0 Å². The number of benzene rings is 1. The second-order valence-electron chi connectivity index (χ2n) is 4.59. The molecule has 20 heavy (non-hydrogen) atoms. The molecule has 1 aliphatic heterocycles. The molecule has 0 aliphatic carbocycles. The second kappa shape index (κ2) is 6.06. The van der Waals surface area contributed by atoms with Gasteiger partial charge in [0.05, 0.1) is 16.6 Å². The van der Waals surface area contributed by atoms with Gasteiger partial charge in [-0.1, -0.05) is 11.6 Å². The predicted octanol–water partition coefficient (Wildman–Crippen LogP) is 1.60. The van der Waals surface area contributed by atoms with E-state index in [0.29, 0.717) is 19.8 Å². The molecule has 0 radical (unpaired) electrons. The molecule has 0 bridgehead atoms. The minimum atomic E-state index is -0.664. The third kappa shape index (κ3) is 3.17. The Labute approximate surface area is 120 Å². The standard InChI is InChI=1S/C12H14ClN3O4/c13-9-3-8(4-10(11(9)14)16(18)19)12(17)15-5-7-1-2-20-6-7/h3-4,7H,1-2,5-6,14H2,(H,15,17). The number of carbonyl (C=O) groups is 1. The molecule has 1 heterocycles. The highest BCUT2D eigenvalue weighted by Gasteiger charge is 2.21. The van der Waals surface area contributed by atoms with Crippen LogP contribution in [0.3, 0.4) is 0 Å². The number of nitrogens with two attached hydrogens (primary N) is 1. The molecule has 8 heteroatoms. The average Bonchev–Trinajstić information content (AvgIpc) is 2.91. The van der Waals surface area contributed by atoms with Gasteiger partial charge in [0.25, 0.3) is 11.6 Å². The molecule has 1 aromatic rings. The largest absolute Gasteiger partial charge is 0.392 e. The van der Waals surface area contributed by atoms with E-state index in [1.165, 1.54) is 6.07 Å². The first-order chi connectivity index (χ1) is 9.49. The molecule has 0 spiro atoms. The zero-order chi connectivity index (χ0) is 14.7. The molecular formula is C12H14ClN3O4. The molecule has 1 amide bonds. The molecule has 3 N–H and O–H groups in total. The summed E-state index contributed by atoms with van der Waals surface area (Å²) in [4.78, 5) is 22.1. The fourth-order valence-electron chi connectivity index (χ4n) is 1.97. The van der Waals surface area contributed by atoms with E-state index in [9.17, 15) is 14.9 Å². The summed E-state index contributed by atoms with van der Waals surface area (Å²) in [5.74, 6) is -0.139. The Kier molecular flexibility index (Phi) is 4.41. The van der Waals surface area contributed by atoms with Crippen LogP contribution in [0.5, 0.6) is 0 Å². The Bertz CT molecular complexity index is 544. The lowest BCUT2D eigenvalue weighted by molar-refractivity contribution is -0.383. The molecule has 0 aromatic heterocycles. The summed E-state index contributed by atoms with van der Waals surface area (Å²) < 4.78 is 5.20. The molecule has 108 valence electrons. The van der Waals surface area contributed by atoms with Crippen LogP contribution in [0.15, 0.2) is 12.1 Å². The van der Waals surface area contributed by atoms with Crippen molar-refractivity contribution in [2.24, 2.45) is 5.92 Å². The van der Waals surface area contributed by atoms with E-state index in [-0.39, 0.29) is 27.9 Å². The van der Waals surface area contributed by atoms with Crippen LogP contribution in [0.4, 0.5) is 11.4 Å². The summed E-state index contributed by atoms with van der Waals surface area (Å²) in [5, 5.41) is 13.5. The summed E-state index contributed by atoms with van der Waals surface area (Å²) >= 11 is 5.80. The van der Waals surface area contributed by atoms with Crippen LogP contribution in [0, 0.1) is 16.0 Å². The second-order valence-corrected chi connectivity index (χ2v) is 4.99. The number of nitrogen functional groups attached to an aromatic ring is 1. The van der Waals surface area contributed by atoms with Gasteiger partial charge in [-0.05, 0) is 12.5 Å². The molecule has 2 rings (SSSR count). The first-order valence-electron chi connectivity index (χ1n) is 6.08. The molecule has 1 atom stereocenters. The van der Waals surface area contributed by atoms with Crippen LogP contribution in [-0.2, 0) is 4.74 Å². The number of nitro benzene ring substituents is 1. The smallest absolute Gasteiger partial charge is 0.294 e.